The zero-order valence-corrected chi connectivity index (χ0v) is 13.3. The Labute approximate surface area is 131 Å². The summed E-state index contributed by atoms with van der Waals surface area (Å²) in [6.07, 6.45) is 2.12. The van der Waals surface area contributed by atoms with Crippen molar-refractivity contribution >= 4 is 27.8 Å². The van der Waals surface area contributed by atoms with E-state index in [1.807, 2.05) is 6.92 Å². The van der Waals surface area contributed by atoms with Crippen LogP contribution in [0.2, 0.25) is 0 Å². The Bertz CT molecular complexity index is 564. The normalized spacial score (nSPS) is 22.1. The molecule has 1 heterocycles. The minimum Gasteiger partial charge on any atom is -0.480 e. The molecule has 2 atom stereocenters. The van der Waals surface area contributed by atoms with Crippen LogP contribution in [0.4, 0.5) is 4.39 Å². The van der Waals surface area contributed by atoms with Crippen molar-refractivity contribution in [2.24, 2.45) is 5.92 Å². The lowest BCUT2D eigenvalue weighted by molar-refractivity contribution is -0.144. The van der Waals surface area contributed by atoms with E-state index in [0.29, 0.717) is 23.4 Å². The van der Waals surface area contributed by atoms with Crippen molar-refractivity contribution in [1.82, 2.24) is 4.90 Å². The number of rotatable bonds is 3. The first-order valence-corrected chi connectivity index (χ1v) is 7.72. The summed E-state index contributed by atoms with van der Waals surface area (Å²) in [5, 5.41) is 9.36. The van der Waals surface area contributed by atoms with Crippen LogP contribution in [0.1, 0.15) is 36.5 Å². The number of amides is 1. The van der Waals surface area contributed by atoms with Crippen LogP contribution in [0.15, 0.2) is 22.7 Å². The summed E-state index contributed by atoms with van der Waals surface area (Å²) in [7, 11) is 0. The third-order valence-corrected chi connectivity index (χ3v) is 4.68. The average Bonchev–Trinajstić information content (AvgIpc) is 2.48. The van der Waals surface area contributed by atoms with Gasteiger partial charge in [-0.2, -0.15) is 0 Å². The molecule has 0 radical (unpaired) electrons. The van der Waals surface area contributed by atoms with E-state index < -0.39 is 23.7 Å². The standard InChI is InChI=1S/C15H17BrFNO3/c1-2-9-5-6-18(13(7-9)15(20)21)14(19)11-8-10(17)3-4-12(11)16/h3-4,8-9,13H,2,5-7H2,1H3,(H,20,21). The Kier molecular flexibility index (Phi) is 4.98. The van der Waals surface area contributed by atoms with Gasteiger partial charge in [0, 0.05) is 11.0 Å². The van der Waals surface area contributed by atoms with Gasteiger partial charge in [0.25, 0.3) is 5.91 Å². The minimum atomic E-state index is -1.01. The molecule has 1 aromatic carbocycles. The molecule has 21 heavy (non-hydrogen) atoms. The lowest BCUT2D eigenvalue weighted by Crippen LogP contribution is -2.50. The highest BCUT2D eigenvalue weighted by Crippen LogP contribution is 2.28. The van der Waals surface area contributed by atoms with Gasteiger partial charge in [-0.15, -0.1) is 0 Å². The first kappa shape index (κ1) is 15.9. The van der Waals surface area contributed by atoms with Crippen molar-refractivity contribution in [3.05, 3.63) is 34.1 Å². The summed E-state index contributed by atoms with van der Waals surface area (Å²) in [5.74, 6) is -1.65. The first-order chi connectivity index (χ1) is 9.93. The fourth-order valence-electron chi connectivity index (χ4n) is 2.70. The number of nitrogens with zero attached hydrogens (tertiary/aromatic N) is 1. The maximum absolute atomic E-state index is 13.3. The van der Waals surface area contributed by atoms with Crippen LogP contribution in [0.25, 0.3) is 0 Å². The van der Waals surface area contributed by atoms with Crippen molar-refractivity contribution in [2.75, 3.05) is 6.54 Å². The molecule has 6 heteroatoms. The number of hydrogen-bond acceptors (Lipinski definition) is 2. The molecule has 0 aromatic heterocycles. The van der Waals surface area contributed by atoms with E-state index in [1.165, 1.54) is 17.0 Å². The van der Waals surface area contributed by atoms with Crippen molar-refractivity contribution in [1.29, 1.82) is 0 Å². The molecule has 0 spiro atoms. The van der Waals surface area contributed by atoms with Crippen LogP contribution in [-0.4, -0.2) is 34.5 Å². The van der Waals surface area contributed by atoms with Gasteiger partial charge in [0.15, 0.2) is 0 Å². The Hall–Kier alpha value is -1.43. The van der Waals surface area contributed by atoms with Crippen molar-refractivity contribution in [3.63, 3.8) is 0 Å². The predicted molar refractivity (Wildman–Crippen MR) is 79.6 cm³/mol. The van der Waals surface area contributed by atoms with Crippen LogP contribution in [0, 0.1) is 11.7 Å². The van der Waals surface area contributed by atoms with Gasteiger partial charge in [0.2, 0.25) is 0 Å². The average molecular weight is 358 g/mol. The van der Waals surface area contributed by atoms with E-state index in [9.17, 15) is 19.1 Å². The number of benzene rings is 1. The fraction of sp³-hybridized carbons (Fsp3) is 0.467. The second-order valence-corrected chi connectivity index (χ2v) is 6.13. The Balaban J connectivity index is 2.28. The van der Waals surface area contributed by atoms with Crippen molar-refractivity contribution in [3.8, 4) is 0 Å². The van der Waals surface area contributed by atoms with Gasteiger partial charge in [-0.25, -0.2) is 9.18 Å². The van der Waals surface area contributed by atoms with Gasteiger partial charge in [-0.05, 0) is 52.9 Å². The summed E-state index contributed by atoms with van der Waals surface area (Å²) >= 11 is 3.22. The molecule has 2 rings (SSSR count). The number of piperidine rings is 1. The maximum Gasteiger partial charge on any atom is 0.326 e. The van der Waals surface area contributed by atoms with E-state index in [-0.39, 0.29) is 5.56 Å². The summed E-state index contributed by atoms with van der Waals surface area (Å²) in [5.41, 5.74) is 0.163. The van der Waals surface area contributed by atoms with Crippen molar-refractivity contribution in [2.45, 2.75) is 32.2 Å². The van der Waals surface area contributed by atoms with Gasteiger partial charge in [-0.1, -0.05) is 13.3 Å². The number of carboxylic acid groups (broad SMARTS) is 1. The van der Waals surface area contributed by atoms with Crippen LogP contribution in [-0.2, 0) is 4.79 Å². The van der Waals surface area contributed by atoms with Gasteiger partial charge in [-0.3, -0.25) is 4.79 Å². The molecule has 1 fully saturated rings. The lowest BCUT2D eigenvalue weighted by atomic mass is 9.88. The molecule has 1 aliphatic heterocycles. The maximum atomic E-state index is 13.3. The number of halogens is 2. The topological polar surface area (TPSA) is 57.6 Å². The number of carbonyl (C=O) groups excluding carboxylic acids is 1. The molecule has 2 unspecified atom stereocenters. The Morgan fingerprint density at radius 3 is 2.81 bits per heavy atom. The summed E-state index contributed by atoms with van der Waals surface area (Å²) in [6.45, 7) is 2.40. The predicted octanol–water partition coefficient (Wildman–Crippen LogP) is 3.30. The van der Waals surface area contributed by atoms with Crippen LogP contribution in [0.5, 0.6) is 0 Å². The number of carbonyl (C=O) groups is 2. The molecule has 4 nitrogen and oxygen atoms in total. The third kappa shape index (κ3) is 3.43. The van der Waals surface area contributed by atoms with E-state index in [1.54, 1.807) is 0 Å². The van der Waals surface area contributed by atoms with Gasteiger partial charge in [0.05, 0.1) is 5.56 Å². The smallest absolute Gasteiger partial charge is 0.326 e. The molecule has 1 amide bonds. The first-order valence-electron chi connectivity index (χ1n) is 6.92. The largest absolute Gasteiger partial charge is 0.480 e. The second kappa shape index (κ2) is 6.56. The van der Waals surface area contributed by atoms with E-state index >= 15 is 0 Å². The summed E-state index contributed by atoms with van der Waals surface area (Å²) in [6, 6.07) is 3.00. The number of likely N-dealkylation sites (tertiary alicyclic amines) is 1. The minimum absolute atomic E-state index is 0.163. The molecule has 0 saturated carbocycles. The van der Waals surface area contributed by atoms with Gasteiger partial charge in [0.1, 0.15) is 11.9 Å². The van der Waals surface area contributed by atoms with Gasteiger partial charge < -0.3 is 10.0 Å². The summed E-state index contributed by atoms with van der Waals surface area (Å²) < 4.78 is 13.8. The van der Waals surface area contributed by atoms with E-state index in [4.69, 9.17) is 0 Å². The zero-order chi connectivity index (χ0) is 15.6. The highest BCUT2D eigenvalue weighted by Gasteiger charge is 2.36. The molecule has 1 aliphatic rings. The Morgan fingerprint density at radius 1 is 1.48 bits per heavy atom. The molecule has 1 saturated heterocycles. The number of carboxylic acids is 1. The van der Waals surface area contributed by atoms with E-state index in [2.05, 4.69) is 15.9 Å². The highest BCUT2D eigenvalue weighted by atomic mass is 79.9. The van der Waals surface area contributed by atoms with Crippen LogP contribution >= 0.6 is 15.9 Å². The SMILES string of the molecule is CCC1CCN(C(=O)c2cc(F)ccc2Br)C(C(=O)O)C1. The fourth-order valence-corrected chi connectivity index (χ4v) is 3.12. The Morgan fingerprint density at radius 2 is 2.19 bits per heavy atom. The third-order valence-electron chi connectivity index (χ3n) is 3.99. The molecular weight excluding hydrogens is 341 g/mol. The van der Waals surface area contributed by atoms with Crippen molar-refractivity contribution < 1.29 is 19.1 Å². The molecule has 1 N–H and O–H groups in total. The lowest BCUT2D eigenvalue weighted by Gasteiger charge is -2.37. The van der Waals surface area contributed by atoms with Gasteiger partial charge >= 0.3 is 5.97 Å². The molecule has 0 bridgehead atoms. The molecule has 1 aromatic rings. The summed E-state index contributed by atoms with van der Waals surface area (Å²) in [4.78, 5) is 25.3. The molecular formula is C15H17BrFNO3. The van der Waals surface area contributed by atoms with Crippen LogP contribution < -0.4 is 0 Å². The monoisotopic (exact) mass is 357 g/mol. The zero-order valence-electron chi connectivity index (χ0n) is 11.7. The number of hydrogen-bond donors (Lipinski definition) is 1. The molecule has 0 aliphatic carbocycles. The van der Waals surface area contributed by atoms with Crippen LogP contribution in [0.3, 0.4) is 0 Å². The quantitative estimate of drug-likeness (QED) is 0.902. The number of aliphatic carboxylic acids is 1. The van der Waals surface area contributed by atoms with E-state index in [0.717, 1.165) is 18.9 Å². The molecule has 114 valence electrons. The highest BCUT2D eigenvalue weighted by molar-refractivity contribution is 9.10. The second-order valence-electron chi connectivity index (χ2n) is 5.28.